The Hall–Kier alpha value is -1.90. The summed E-state index contributed by atoms with van der Waals surface area (Å²) >= 11 is 7.70. The molecule has 0 bridgehead atoms. The molecule has 1 amide bonds. The summed E-state index contributed by atoms with van der Waals surface area (Å²) in [7, 11) is 0. The summed E-state index contributed by atoms with van der Waals surface area (Å²) in [4.78, 5) is 31.4. The molecule has 1 aromatic heterocycles. The molecule has 0 saturated carbocycles. The number of nitrogens with zero attached hydrogens (tertiary/aromatic N) is 4. The van der Waals surface area contributed by atoms with Crippen LogP contribution in [-0.2, 0) is 11.2 Å². The van der Waals surface area contributed by atoms with Gasteiger partial charge in [0.05, 0.1) is 6.04 Å². The Balaban J connectivity index is 1.64. The minimum atomic E-state index is -0.357. The summed E-state index contributed by atoms with van der Waals surface area (Å²) in [5, 5.41) is 5.26. The van der Waals surface area contributed by atoms with Gasteiger partial charge in [-0.25, -0.2) is 4.98 Å². The molecule has 2 aromatic rings. The number of halogens is 1. The first-order chi connectivity index (χ1) is 13.5. The quantitative estimate of drug-likeness (QED) is 0.800. The first kappa shape index (κ1) is 19.4. The Morgan fingerprint density at radius 1 is 1.39 bits per heavy atom. The SMILES string of the molecule is CCc1nc2n(n1)C(=O)C(C(c1cccc(Cl)c1)N1CCC(C(N)=O)CC1)S2. The molecule has 9 heteroatoms. The maximum Gasteiger partial charge on any atom is 0.264 e. The standard InChI is InChI=1S/C19H22ClN5O2S/c1-2-14-22-19-25(23-14)18(27)16(28-19)15(12-4-3-5-13(20)10-12)24-8-6-11(7-9-24)17(21)26/h3-5,10-11,15-16H,2,6-9H2,1H3,(H2,21,26). The molecule has 0 radical (unpaired) electrons. The predicted molar refractivity (Wildman–Crippen MR) is 107 cm³/mol. The molecule has 0 aliphatic carbocycles. The molecule has 2 unspecified atom stereocenters. The second kappa shape index (κ2) is 7.85. The molecule has 1 aromatic carbocycles. The number of amides is 1. The van der Waals surface area contributed by atoms with Crippen LogP contribution in [0.25, 0.3) is 0 Å². The molecule has 28 heavy (non-hydrogen) atoms. The number of aryl methyl sites for hydroxylation is 1. The van der Waals surface area contributed by atoms with E-state index < -0.39 is 0 Å². The van der Waals surface area contributed by atoms with Crippen molar-refractivity contribution in [2.75, 3.05) is 13.1 Å². The van der Waals surface area contributed by atoms with Crippen LogP contribution in [0.5, 0.6) is 0 Å². The number of benzene rings is 1. The lowest BCUT2D eigenvalue weighted by Gasteiger charge is -2.38. The van der Waals surface area contributed by atoms with E-state index in [1.54, 1.807) is 0 Å². The van der Waals surface area contributed by atoms with Gasteiger partial charge in [-0.1, -0.05) is 42.4 Å². The second-order valence-electron chi connectivity index (χ2n) is 7.17. The third-order valence-corrected chi connectivity index (χ3v) is 6.85. The number of carbonyl (C=O) groups is 2. The number of nitrogens with two attached hydrogens (primary N) is 1. The number of carbonyl (C=O) groups excluding carboxylic acids is 2. The summed E-state index contributed by atoms with van der Waals surface area (Å²) in [6, 6.07) is 7.46. The molecule has 2 atom stereocenters. The number of thioether (sulfide) groups is 1. The van der Waals surface area contributed by atoms with Crippen LogP contribution in [0.4, 0.5) is 0 Å². The van der Waals surface area contributed by atoms with E-state index in [0.717, 1.165) is 5.56 Å². The van der Waals surface area contributed by atoms with Crippen molar-refractivity contribution in [3.63, 3.8) is 0 Å². The number of likely N-dealkylation sites (tertiary alicyclic amines) is 1. The van der Waals surface area contributed by atoms with Crippen molar-refractivity contribution in [3.8, 4) is 0 Å². The third-order valence-electron chi connectivity index (χ3n) is 5.42. The highest BCUT2D eigenvalue weighted by atomic mass is 35.5. The van der Waals surface area contributed by atoms with E-state index in [9.17, 15) is 9.59 Å². The summed E-state index contributed by atoms with van der Waals surface area (Å²) < 4.78 is 1.43. The Labute approximate surface area is 172 Å². The molecule has 148 valence electrons. The largest absolute Gasteiger partial charge is 0.369 e. The topological polar surface area (TPSA) is 94.1 Å². The van der Waals surface area contributed by atoms with Crippen molar-refractivity contribution in [2.45, 2.75) is 42.6 Å². The van der Waals surface area contributed by atoms with Gasteiger partial charge in [0.25, 0.3) is 5.91 Å². The minimum Gasteiger partial charge on any atom is -0.369 e. The van der Waals surface area contributed by atoms with Gasteiger partial charge in [0.1, 0.15) is 5.25 Å². The van der Waals surface area contributed by atoms with E-state index in [0.29, 0.717) is 48.4 Å². The number of aromatic nitrogens is 3. The van der Waals surface area contributed by atoms with Crippen molar-refractivity contribution in [1.82, 2.24) is 19.7 Å². The molecule has 2 aliphatic rings. The van der Waals surface area contributed by atoms with Gasteiger partial charge >= 0.3 is 0 Å². The first-order valence-electron chi connectivity index (χ1n) is 9.43. The molecule has 4 rings (SSSR count). The van der Waals surface area contributed by atoms with Crippen molar-refractivity contribution < 1.29 is 9.59 Å². The van der Waals surface area contributed by atoms with E-state index in [1.807, 2.05) is 31.2 Å². The van der Waals surface area contributed by atoms with Gasteiger partial charge in [-0.15, -0.1) is 5.10 Å². The van der Waals surface area contributed by atoms with Crippen molar-refractivity contribution >= 4 is 35.2 Å². The summed E-state index contributed by atoms with van der Waals surface area (Å²) in [5.74, 6) is 0.263. The number of primary amides is 1. The zero-order valence-corrected chi connectivity index (χ0v) is 17.1. The smallest absolute Gasteiger partial charge is 0.264 e. The molecular formula is C19H22ClN5O2S. The maximum atomic E-state index is 13.1. The Bertz CT molecular complexity index is 909. The zero-order valence-electron chi connectivity index (χ0n) is 15.5. The van der Waals surface area contributed by atoms with Gasteiger partial charge in [0.2, 0.25) is 5.91 Å². The average molecular weight is 420 g/mol. The Morgan fingerprint density at radius 3 is 2.75 bits per heavy atom. The Kier molecular flexibility index (Phi) is 5.44. The Morgan fingerprint density at radius 2 is 2.14 bits per heavy atom. The number of piperidine rings is 1. The number of hydrogen-bond donors (Lipinski definition) is 1. The highest BCUT2D eigenvalue weighted by Crippen LogP contribution is 2.42. The van der Waals surface area contributed by atoms with Gasteiger partial charge in [0, 0.05) is 17.4 Å². The van der Waals surface area contributed by atoms with Gasteiger partial charge in [-0.2, -0.15) is 4.68 Å². The molecule has 2 aliphatic heterocycles. The molecule has 1 fully saturated rings. The van der Waals surface area contributed by atoms with Crippen molar-refractivity contribution in [3.05, 3.63) is 40.7 Å². The molecule has 3 heterocycles. The van der Waals surface area contributed by atoms with E-state index in [2.05, 4.69) is 15.0 Å². The van der Waals surface area contributed by atoms with E-state index >= 15 is 0 Å². The monoisotopic (exact) mass is 419 g/mol. The zero-order chi connectivity index (χ0) is 19.8. The first-order valence-corrected chi connectivity index (χ1v) is 10.7. The lowest BCUT2D eigenvalue weighted by Crippen LogP contribution is -2.45. The lowest BCUT2D eigenvalue weighted by molar-refractivity contribution is -0.123. The maximum absolute atomic E-state index is 13.1. The van der Waals surface area contributed by atoms with E-state index in [4.69, 9.17) is 17.3 Å². The van der Waals surface area contributed by atoms with Gasteiger partial charge in [-0.05, 0) is 43.6 Å². The van der Waals surface area contributed by atoms with Crippen molar-refractivity contribution in [2.24, 2.45) is 11.7 Å². The molecular weight excluding hydrogens is 398 g/mol. The van der Waals surface area contributed by atoms with Crippen molar-refractivity contribution in [1.29, 1.82) is 0 Å². The van der Waals surface area contributed by atoms with Gasteiger partial charge in [-0.3, -0.25) is 14.5 Å². The minimum absolute atomic E-state index is 0.0609. The molecule has 0 spiro atoms. The number of fused-ring (bicyclic) bond motifs is 1. The number of hydrogen-bond acceptors (Lipinski definition) is 6. The lowest BCUT2D eigenvalue weighted by atomic mass is 9.92. The highest BCUT2D eigenvalue weighted by molar-refractivity contribution is 8.00. The summed E-state index contributed by atoms with van der Waals surface area (Å²) in [5.41, 5.74) is 6.47. The van der Waals surface area contributed by atoms with Crippen LogP contribution < -0.4 is 5.73 Å². The predicted octanol–water partition coefficient (Wildman–Crippen LogP) is 2.55. The fourth-order valence-electron chi connectivity index (χ4n) is 3.92. The molecule has 7 nitrogen and oxygen atoms in total. The molecule has 1 saturated heterocycles. The van der Waals surface area contributed by atoms with Gasteiger partial charge < -0.3 is 5.73 Å². The van der Waals surface area contributed by atoms with Crippen LogP contribution in [0, 0.1) is 5.92 Å². The summed E-state index contributed by atoms with van der Waals surface area (Å²) in [6.07, 6.45) is 2.08. The fourth-order valence-corrected chi connectivity index (χ4v) is 5.40. The average Bonchev–Trinajstić information content (AvgIpc) is 3.22. The van der Waals surface area contributed by atoms with E-state index in [-0.39, 0.29) is 29.0 Å². The number of rotatable bonds is 5. The van der Waals surface area contributed by atoms with Crippen LogP contribution in [0.3, 0.4) is 0 Å². The normalized spacial score (nSPS) is 21.6. The second-order valence-corrected chi connectivity index (χ2v) is 8.71. The third kappa shape index (κ3) is 3.56. The van der Waals surface area contributed by atoms with Gasteiger partial charge in [0.15, 0.2) is 11.0 Å². The van der Waals surface area contributed by atoms with Crippen LogP contribution in [0.15, 0.2) is 29.4 Å². The fraction of sp³-hybridized carbons (Fsp3) is 0.474. The van der Waals surface area contributed by atoms with E-state index in [1.165, 1.54) is 16.4 Å². The molecule has 2 N–H and O–H groups in total. The van der Waals surface area contributed by atoms with Crippen LogP contribution in [0.1, 0.15) is 42.0 Å². The van der Waals surface area contributed by atoms with Crippen LogP contribution in [0.2, 0.25) is 5.02 Å². The van der Waals surface area contributed by atoms with Crippen LogP contribution in [-0.4, -0.2) is 49.8 Å². The summed E-state index contributed by atoms with van der Waals surface area (Å²) in [6.45, 7) is 3.37. The van der Waals surface area contributed by atoms with Crippen LogP contribution >= 0.6 is 23.4 Å². The highest BCUT2D eigenvalue weighted by Gasteiger charge is 2.44.